The maximum Gasteiger partial charge on any atom is 0.472 e. The van der Waals surface area contributed by atoms with Crippen molar-refractivity contribution in [2.45, 2.75) is 180 Å². The van der Waals surface area contributed by atoms with Gasteiger partial charge in [0.05, 0.1) is 13.2 Å². The van der Waals surface area contributed by atoms with Gasteiger partial charge in [-0.25, -0.2) is 4.57 Å². The Bertz CT molecular complexity index is 1150. The summed E-state index contributed by atoms with van der Waals surface area (Å²) in [6.07, 6.45) is 50.9. The molecule has 0 aliphatic heterocycles. The van der Waals surface area contributed by atoms with E-state index in [1.165, 1.54) is 83.5 Å². The molecule has 0 heterocycles. The van der Waals surface area contributed by atoms with E-state index < -0.39 is 32.5 Å². The lowest BCUT2D eigenvalue weighted by Crippen LogP contribution is -2.29. The molecule has 0 amide bonds. The largest absolute Gasteiger partial charge is 0.472 e. The molecule has 0 bridgehead atoms. The fourth-order valence-electron chi connectivity index (χ4n) is 5.66. The second-order valence-electron chi connectivity index (χ2n) is 14.2. The van der Waals surface area contributed by atoms with Crippen LogP contribution in [0.1, 0.15) is 174 Å². The Morgan fingerprint density at radius 2 is 0.982 bits per heavy atom. The molecule has 0 rings (SSSR count). The minimum atomic E-state index is -4.40. The van der Waals surface area contributed by atoms with Crippen molar-refractivity contribution in [3.8, 4) is 0 Å². The van der Waals surface area contributed by atoms with Crippen LogP contribution in [-0.2, 0) is 32.7 Å². The molecule has 0 aromatic rings. The predicted octanol–water partition coefficient (Wildman–Crippen LogP) is 12.7. The number of carbonyl (C=O) groups excluding carboxylic acids is 2. The molecule has 0 spiro atoms. The summed E-state index contributed by atoms with van der Waals surface area (Å²) in [7, 11) is -4.40. The number of allylic oxidation sites excluding steroid dienone is 12. The first kappa shape index (κ1) is 53.5. The van der Waals surface area contributed by atoms with Crippen molar-refractivity contribution in [1.82, 2.24) is 0 Å². The summed E-state index contributed by atoms with van der Waals surface area (Å²) >= 11 is 0. The van der Waals surface area contributed by atoms with Crippen molar-refractivity contribution in [1.29, 1.82) is 0 Å². The van der Waals surface area contributed by atoms with E-state index in [1.54, 1.807) is 0 Å². The molecule has 0 aromatic carbocycles. The molecule has 0 aliphatic carbocycles. The number of ether oxygens (including phenoxy) is 2. The highest BCUT2D eigenvalue weighted by Gasteiger charge is 2.25. The third kappa shape index (κ3) is 41.1. The van der Waals surface area contributed by atoms with Crippen LogP contribution in [0.15, 0.2) is 72.9 Å². The van der Waals surface area contributed by atoms with Gasteiger partial charge in [-0.05, 0) is 51.4 Å². The minimum Gasteiger partial charge on any atom is -0.462 e. The van der Waals surface area contributed by atoms with Crippen LogP contribution in [-0.4, -0.2) is 49.3 Å². The lowest BCUT2D eigenvalue weighted by Gasteiger charge is -2.19. The lowest BCUT2D eigenvalue weighted by atomic mass is 10.0. The Balaban J connectivity index is 4.28. The molecule has 1 unspecified atom stereocenters. The summed E-state index contributed by atoms with van der Waals surface area (Å²) in [6, 6.07) is 0. The molecule has 0 fully saturated rings. The van der Waals surface area contributed by atoms with Gasteiger partial charge < -0.3 is 20.1 Å². The van der Waals surface area contributed by atoms with Crippen LogP contribution < -0.4 is 5.73 Å². The molecular formula is C46H80NO8P. The van der Waals surface area contributed by atoms with Crippen molar-refractivity contribution < 1.29 is 37.6 Å². The monoisotopic (exact) mass is 806 g/mol. The Kier molecular flexibility index (Phi) is 40.2. The van der Waals surface area contributed by atoms with Gasteiger partial charge in [-0.1, -0.05) is 183 Å². The first-order valence-corrected chi connectivity index (χ1v) is 23.4. The Labute approximate surface area is 341 Å². The Hall–Kier alpha value is -2.55. The van der Waals surface area contributed by atoms with Gasteiger partial charge in [-0.15, -0.1) is 0 Å². The second-order valence-corrected chi connectivity index (χ2v) is 15.6. The second kappa shape index (κ2) is 42.1. The summed E-state index contributed by atoms with van der Waals surface area (Å²) in [5, 5.41) is 0. The summed E-state index contributed by atoms with van der Waals surface area (Å²) in [5.41, 5.74) is 5.34. The molecular weight excluding hydrogens is 725 g/mol. The standard InChI is InChI=1S/C46H80NO8P/c1-3-5-7-9-11-13-15-17-19-21-22-23-25-27-29-31-33-35-37-39-46(49)55-44(43-54-56(50,51)53-41-40-47)42-52-45(48)38-36-34-32-30-28-26-24-20-18-16-14-12-10-8-6-4-2/h5,7,11,13,17,19,22-23,27,29,33,35,44H,3-4,6,8-10,12,14-16,18,20-21,24-26,28,30-32,34,36-43,47H2,1-2H3,(H,50,51)/b7-5-,13-11-,19-17-,23-22-,29-27-,35-33-/t44-/m1/s1. The first-order valence-electron chi connectivity index (χ1n) is 21.9. The molecule has 322 valence electrons. The van der Waals surface area contributed by atoms with Gasteiger partial charge in [0.15, 0.2) is 6.10 Å². The van der Waals surface area contributed by atoms with E-state index >= 15 is 0 Å². The van der Waals surface area contributed by atoms with Crippen molar-refractivity contribution in [3.63, 3.8) is 0 Å². The SMILES string of the molecule is CC/C=C\C/C=C\C/C=C\C/C=C\C/C=C\C/C=C\CCC(=O)O[C@H](COC(=O)CCCCCCCCCCCCCCCCCC)COP(=O)(O)OCCN. The number of unbranched alkanes of at least 4 members (excludes halogenated alkanes) is 15. The summed E-state index contributed by atoms with van der Waals surface area (Å²) in [5.74, 6) is -0.927. The fraction of sp³-hybridized carbons (Fsp3) is 0.696. The number of phosphoric ester groups is 1. The van der Waals surface area contributed by atoms with Crippen molar-refractivity contribution in [2.75, 3.05) is 26.4 Å². The molecule has 0 radical (unpaired) electrons. The highest BCUT2D eigenvalue weighted by Crippen LogP contribution is 2.43. The summed E-state index contributed by atoms with van der Waals surface area (Å²) in [6.45, 7) is 3.53. The highest BCUT2D eigenvalue weighted by molar-refractivity contribution is 7.47. The van der Waals surface area contributed by atoms with Crippen LogP contribution in [0, 0.1) is 0 Å². The highest BCUT2D eigenvalue weighted by atomic mass is 31.2. The molecule has 0 saturated carbocycles. The fourth-order valence-corrected chi connectivity index (χ4v) is 6.43. The maximum absolute atomic E-state index is 12.6. The lowest BCUT2D eigenvalue weighted by molar-refractivity contribution is -0.161. The van der Waals surface area contributed by atoms with Crippen LogP contribution in [0.3, 0.4) is 0 Å². The number of hydrogen-bond acceptors (Lipinski definition) is 8. The van der Waals surface area contributed by atoms with E-state index in [0.29, 0.717) is 6.42 Å². The third-order valence-electron chi connectivity index (χ3n) is 8.87. The van der Waals surface area contributed by atoms with Gasteiger partial charge in [0.1, 0.15) is 6.61 Å². The summed E-state index contributed by atoms with van der Waals surface area (Å²) < 4.78 is 32.7. The number of carbonyl (C=O) groups is 2. The van der Waals surface area contributed by atoms with E-state index in [1.807, 2.05) is 12.2 Å². The number of nitrogens with two attached hydrogens (primary N) is 1. The van der Waals surface area contributed by atoms with Crippen molar-refractivity contribution in [2.24, 2.45) is 5.73 Å². The molecule has 10 heteroatoms. The Morgan fingerprint density at radius 1 is 0.554 bits per heavy atom. The quantitative estimate of drug-likeness (QED) is 0.0268. The van der Waals surface area contributed by atoms with Crippen LogP contribution >= 0.6 is 7.82 Å². The van der Waals surface area contributed by atoms with Crippen LogP contribution in [0.4, 0.5) is 0 Å². The Morgan fingerprint density at radius 3 is 1.43 bits per heavy atom. The number of rotatable bonds is 40. The van der Waals surface area contributed by atoms with Gasteiger partial charge in [-0.3, -0.25) is 18.6 Å². The van der Waals surface area contributed by atoms with Gasteiger partial charge in [0.25, 0.3) is 0 Å². The van der Waals surface area contributed by atoms with Crippen LogP contribution in [0.5, 0.6) is 0 Å². The van der Waals surface area contributed by atoms with E-state index in [-0.39, 0.29) is 32.6 Å². The van der Waals surface area contributed by atoms with Crippen LogP contribution in [0.2, 0.25) is 0 Å². The number of hydrogen-bond donors (Lipinski definition) is 2. The van der Waals surface area contributed by atoms with E-state index in [4.69, 9.17) is 24.3 Å². The molecule has 9 nitrogen and oxygen atoms in total. The first-order chi connectivity index (χ1) is 27.3. The van der Waals surface area contributed by atoms with Gasteiger partial charge in [0.2, 0.25) is 0 Å². The smallest absolute Gasteiger partial charge is 0.462 e. The zero-order valence-electron chi connectivity index (χ0n) is 35.3. The minimum absolute atomic E-state index is 0.0396. The van der Waals surface area contributed by atoms with Crippen molar-refractivity contribution >= 4 is 19.8 Å². The van der Waals surface area contributed by atoms with E-state index in [9.17, 15) is 19.0 Å². The molecule has 0 saturated heterocycles. The molecule has 2 atom stereocenters. The molecule has 3 N–H and O–H groups in total. The number of phosphoric acid groups is 1. The van der Waals surface area contributed by atoms with Crippen molar-refractivity contribution in [3.05, 3.63) is 72.9 Å². The average molecular weight is 806 g/mol. The zero-order valence-corrected chi connectivity index (χ0v) is 36.2. The number of esters is 2. The third-order valence-corrected chi connectivity index (χ3v) is 9.85. The van der Waals surface area contributed by atoms with E-state index in [0.717, 1.165) is 57.8 Å². The molecule has 0 aromatic heterocycles. The normalized spacial score (nSPS) is 14.0. The van der Waals surface area contributed by atoms with Gasteiger partial charge in [0, 0.05) is 19.4 Å². The topological polar surface area (TPSA) is 134 Å². The average Bonchev–Trinajstić information content (AvgIpc) is 3.18. The maximum atomic E-state index is 12.6. The summed E-state index contributed by atoms with van der Waals surface area (Å²) in [4.78, 5) is 34.8. The molecule has 56 heavy (non-hydrogen) atoms. The van der Waals surface area contributed by atoms with Gasteiger partial charge >= 0.3 is 19.8 Å². The van der Waals surface area contributed by atoms with E-state index in [2.05, 4.69) is 74.6 Å². The molecule has 0 aliphatic rings. The van der Waals surface area contributed by atoms with Crippen LogP contribution in [0.25, 0.3) is 0 Å². The zero-order chi connectivity index (χ0) is 41.1. The van der Waals surface area contributed by atoms with Gasteiger partial charge in [-0.2, -0.15) is 0 Å². The predicted molar refractivity (Wildman–Crippen MR) is 233 cm³/mol.